The summed E-state index contributed by atoms with van der Waals surface area (Å²) in [5.74, 6) is -0.0647. The smallest absolute Gasteiger partial charge is 0.295 e. The molecule has 0 saturated carbocycles. The van der Waals surface area contributed by atoms with Gasteiger partial charge in [0.1, 0.15) is 17.3 Å². The Labute approximate surface area is 227 Å². The van der Waals surface area contributed by atoms with Crippen LogP contribution >= 0.6 is 0 Å². The Hall–Kier alpha value is -3.32. The van der Waals surface area contributed by atoms with Gasteiger partial charge in [0.05, 0.1) is 25.3 Å². The number of likely N-dealkylation sites (tertiary alicyclic amines) is 1. The maximum atomic E-state index is 13.3. The molecule has 1 heterocycles. The minimum atomic E-state index is -0.674. The molecule has 206 valence electrons. The average molecular weight is 523 g/mol. The summed E-state index contributed by atoms with van der Waals surface area (Å²) in [6, 6.07) is 13.6. The van der Waals surface area contributed by atoms with Crippen molar-refractivity contribution in [1.29, 1.82) is 0 Å². The van der Waals surface area contributed by atoms with Gasteiger partial charge in [-0.1, -0.05) is 38.8 Å². The molecule has 1 aliphatic heterocycles. The second-order valence-corrected chi connectivity index (χ2v) is 9.63. The van der Waals surface area contributed by atoms with Crippen molar-refractivity contribution in [2.75, 3.05) is 39.9 Å². The predicted molar refractivity (Wildman–Crippen MR) is 150 cm³/mol. The van der Waals surface area contributed by atoms with Crippen molar-refractivity contribution in [3.63, 3.8) is 0 Å². The van der Waals surface area contributed by atoms with E-state index < -0.39 is 17.7 Å². The van der Waals surface area contributed by atoms with E-state index >= 15 is 0 Å². The first-order valence-electron chi connectivity index (χ1n) is 13.8. The topological polar surface area (TPSA) is 79.3 Å². The fourth-order valence-corrected chi connectivity index (χ4v) is 4.84. The van der Waals surface area contributed by atoms with Crippen LogP contribution in [0.4, 0.5) is 0 Å². The van der Waals surface area contributed by atoms with Crippen molar-refractivity contribution in [1.82, 2.24) is 9.80 Å². The van der Waals surface area contributed by atoms with Crippen molar-refractivity contribution in [2.24, 2.45) is 0 Å². The van der Waals surface area contributed by atoms with E-state index in [1.165, 1.54) is 0 Å². The predicted octanol–water partition coefficient (Wildman–Crippen LogP) is 5.81. The molecule has 2 aromatic carbocycles. The molecule has 0 aliphatic carbocycles. The molecule has 1 atom stereocenters. The van der Waals surface area contributed by atoms with Crippen molar-refractivity contribution in [3.05, 3.63) is 65.2 Å². The van der Waals surface area contributed by atoms with Crippen molar-refractivity contribution in [2.45, 2.75) is 58.9 Å². The molecule has 0 aromatic heterocycles. The van der Waals surface area contributed by atoms with E-state index in [-0.39, 0.29) is 11.3 Å². The second kappa shape index (κ2) is 14.6. The van der Waals surface area contributed by atoms with E-state index in [1.54, 1.807) is 36.3 Å². The summed E-state index contributed by atoms with van der Waals surface area (Å²) in [5.41, 5.74) is 1.33. The van der Waals surface area contributed by atoms with Gasteiger partial charge in [-0.3, -0.25) is 9.59 Å². The van der Waals surface area contributed by atoms with Crippen LogP contribution in [0.25, 0.3) is 5.76 Å². The Bertz CT molecular complexity index is 1070. The first-order chi connectivity index (χ1) is 18.4. The molecule has 1 N–H and O–H groups in total. The number of carbonyl (C=O) groups is 2. The molecular weight excluding hydrogens is 480 g/mol. The standard InChI is InChI=1S/C31H42N2O5/c1-5-8-19-32(20-9-6-2)21-10-22-33-28(23-11-17-26(18-12-23)38-7-3)27(30(35)31(33)36)29(34)24-13-15-25(37-4)16-14-24/h11-18,28,34H,5-10,19-22H2,1-4H3. The fraction of sp³-hybridized carbons (Fsp3) is 0.484. The van der Waals surface area contributed by atoms with Crippen LogP contribution in [0, 0.1) is 0 Å². The first kappa shape index (κ1) is 29.2. The van der Waals surface area contributed by atoms with Crippen LogP contribution in [0.15, 0.2) is 54.1 Å². The van der Waals surface area contributed by atoms with Crippen molar-refractivity contribution < 1.29 is 24.2 Å². The first-order valence-corrected chi connectivity index (χ1v) is 13.8. The summed E-state index contributed by atoms with van der Waals surface area (Å²) in [6.45, 7) is 10.2. The Morgan fingerprint density at radius 2 is 1.45 bits per heavy atom. The summed E-state index contributed by atoms with van der Waals surface area (Å²) < 4.78 is 10.8. The van der Waals surface area contributed by atoms with E-state index in [2.05, 4.69) is 18.7 Å². The third-order valence-corrected chi connectivity index (χ3v) is 6.94. The third kappa shape index (κ3) is 7.16. The number of rotatable bonds is 15. The molecule has 0 spiro atoms. The number of carbonyl (C=O) groups excluding carboxylic acids is 2. The number of Topliss-reactive ketones (excluding diaryl/α,β-unsaturated/α-hetero) is 1. The van der Waals surface area contributed by atoms with Crippen LogP contribution in [0.3, 0.4) is 0 Å². The van der Waals surface area contributed by atoms with E-state index in [4.69, 9.17) is 9.47 Å². The van der Waals surface area contributed by atoms with Gasteiger partial charge in [-0.2, -0.15) is 0 Å². The molecule has 3 rings (SSSR count). The fourth-order valence-electron chi connectivity index (χ4n) is 4.84. The van der Waals surface area contributed by atoms with Crippen LogP contribution in [-0.4, -0.2) is 66.5 Å². The number of hydrogen-bond acceptors (Lipinski definition) is 6. The Kier molecular flexibility index (Phi) is 11.2. The van der Waals surface area contributed by atoms with Gasteiger partial charge in [0, 0.05) is 12.1 Å². The second-order valence-electron chi connectivity index (χ2n) is 9.63. The number of ether oxygens (including phenoxy) is 2. The highest BCUT2D eigenvalue weighted by molar-refractivity contribution is 6.46. The van der Waals surface area contributed by atoms with Crippen LogP contribution in [-0.2, 0) is 9.59 Å². The zero-order valence-electron chi connectivity index (χ0n) is 23.2. The number of hydrogen-bond donors (Lipinski definition) is 1. The largest absolute Gasteiger partial charge is 0.507 e. The lowest BCUT2D eigenvalue weighted by Crippen LogP contribution is -2.34. The molecule has 0 radical (unpaired) electrons. The summed E-state index contributed by atoms with van der Waals surface area (Å²) in [5, 5.41) is 11.3. The van der Waals surface area contributed by atoms with Crippen molar-refractivity contribution >= 4 is 17.4 Å². The molecule has 1 aliphatic rings. The van der Waals surface area contributed by atoms with Gasteiger partial charge in [0.25, 0.3) is 11.7 Å². The number of unbranched alkanes of at least 4 members (excludes halogenated alkanes) is 2. The third-order valence-electron chi connectivity index (χ3n) is 6.94. The Morgan fingerprint density at radius 1 is 0.868 bits per heavy atom. The molecule has 0 bridgehead atoms. The Balaban J connectivity index is 1.92. The van der Waals surface area contributed by atoms with E-state index in [0.29, 0.717) is 30.2 Å². The van der Waals surface area contributed by atoms with Crippen LogP contribution in [0.5, 0.6) is 11.5 Å². The summed E-state index contributed by atoms with van der Waals surface area (Å²) in [4.78, 5) is 30.7. The quantitative estimate of drug-likeness (QED) is 0.181. The molecule has 2 aromatic rings. The zero-order valence-corrected chi connectivity index (χ0v) is 23.2. The van der Waals surface area contributed by atoms with Crippen LogP contribution in [0.1, 0.15) is 70.0 Å². The zero-order chi connectivity index (χ0) is 27.5. The van der Waals surface area contributed by atoms with Gasteiger partial charge in [0.2, 0.25) is 0 Å². The van der Waals surface area contributed by atoms with Crippen LogP contribution in [0.2, 0.25) is 0 Å². The molecule has 1 fully saturated rings. The highest BCUT2D eigenvalue weighted by atomic mass is 16.5. The minimum absolute atomic E-state index is 0.109. The number of nitrogens with zero attached hydrogens (tertiary/aromatic N) is 2. The molecule has 1 unspecified atom stereocenters. The lowest BCUT2D eigenvalue weighted by molar-refractivity contribution is -0.140. The van der Waals surface area contributed by atoms with E-state index in [9.17, 15) is 14.7 Å². The average Bonchev–Trinajstić information content (AvgIpc) is 3.19. The van der Waals surface area contributed by atoms with Crippen molar-refractivity contribution in [3.8, 4) is 11.5 Å². The molecule has 1 amide bonds. The van der Waals surface area contributed by atoms with Gasteiger partial charge >= 0.3 is 0 Å². The number of aliphatic hydroxyl groups is 1. The van der Waals surface area contributed by atoms with Gasteiger partial charge in [0.15, 0.2) is 0 Å². The number of aliphatic hydroxyl groups excluding tert-OH is 1. The maximum absolute atomic E-state index is 13.3. The summed E-state index contributed by atoms with van der Waals surface area (Å²) in [6.07, 6.45) is 5.31. The minimum Gasteiger partial charge on any atom is -0.507 e. The summed E-state index contributed by atoms with van der Waals surface area (Å²) in [7, 11) is 1.57. The molecule has 38 heavy (non-hydrogen) atoms. The maximum Gasteiger partial charge on any atom is 0.295 e. The molecule has 1 saturated heterocycles. The number of amides is 1. The van der Waals surface area contributed by atoms with Gasteiger partial charge in [-0.05, 0) is 87.8 Å². The normalized spacial score (nSPS) is 16.9. The highest BCUT2D eigenvalue weighted by Crippen LogP contribution is 2.40. The van der Waals surface area contributed by atoms with E-state index in [0.717, 1.165) is 57.3 Å². The van der Waals surface area contributed by atoms with Gasteiger partial charge in [-0.15, -0.1) is 0 Å². The highest BCUT2D eigenvalue weighted by Gasteiger charge is 2.45. The SMILES string of the molecule is CCCCN(CCCC)CCCN1C(=O)C(=O)C(=C(O)c2ccc(OC)cc2)C1c1ccc(OCC)cc1. The number of benzene rings is 2. The molecule has 7 nitrogen and oxygen atoms in total. The monoisotopic (exact) mass is 522 g/mol. The Morgan fingerprint density at radius 3 is 2.00 bits per heavy atom. The summed E-state index contributed by atoms with van der Waals surface area (Å²) >= 11 is 0. The van der Waals surface area contributed by atoms with E-state index in [1.807, 2.05) is 31.2 Å². The van der Waals surface area contributed by atoms with Gasteiger partial charge < -0.3 is 24.4 Å². The lowest BCUT2D eigenvalue weighted by atomic mass is 9.95. The number of ketones is 1. The lowest BCUT2D eigenvalue weighted by Gasteiger charge is -2.27. The number of methoxy groups -OCH3 is 1. The van der Waals surface area contributed by atoms with Gasteiger partial charge in [-0.25, -0.2) is 0 Å². The molecular formula is C31H42N2O5. The molecule has 7 heteroatoms. The van der Waals surface area contributed by atoms with Crippen LogP contribution < -0.4 is 9.47 Å².